The van der Waals surface area contributed by atoms with Gasteiger partial charge in [0.15, 0.2) is 0 Å². The van der Waals surface area contributed by atoms with Crippen LogP contribution in [0, 0.1) is 10.8 Å². The predicted octanol–water partition coefficient (Wildman–Crippen LogP) is 2.19. The van der Waals surface area contributed by atoms with Crippen molar-refractivity contribution in [3.8, 4) is 0 Å². The highest BCUT2D eigenvalue weighted by Crippen LogP contribution is 2.36. The molecule has 4 heteroatoms. The molecule has 0 aliphatic heterocycles. The average Bonchev–Trinajstić information content (AvgIpc) is 2.27. The lowest BCUT2D eigenvalue weighted by atomic mass is 9.73. The first-order valence-corrected chi connectivity index (χ1v) is 7.19. The van der Waals surface area contributed by atoms with Crippen LogP contribution in [0.1, 0.15) is 47.5 Å². The normalized spacial score (nSPS) is 15.1. The fourth-order valence-corrected chi connectivity index (χ4v) is 2.60. The fourth-order valence-electron chi connectivity index (χ4n) is 2.60. The number of ether oxygens (including phenoxy) is 1. The van der Waals surface area contributed by atoms with E-state index in [2.05, 4.69) is 38.3 Å². The molecule has 4 nitrogen and oxygen atoms in total. The van der Waals surface area contributed by atoms with Crippen molar-refractivity contribution in [2.75, 3.05) is 33.4 Å². The summed E-state index contributed by atoms with van der Waals surface area (Å²) in [5.41, 5.74) is 0.455. The standard InChI is InChI=1S/C15H32N2O2/c1-7-15(5,12-19-6)10-14(3,4)11-16-8-9-17-13(2)18/h16H,7-12H2,1-6H3,(H,17,18). The summed E-state index contributed by atoms with van der Waals surface area (Å²) in [6.45, 7) is 13.9. The third kappa shape index (κ3) is 9.00. The van der Waals surface area contributed by atoms with Gasteiger partial charge in [0.05, 0.1) is 6.61 Å². The highest BCUT2D eigenvalue weighted by molar-refractivity contribution is 5.72. The van der Waals surface area contributed by atoms with Gasteiger partial charge >= 0.3 is 0 Å². The first kappa shape index (κ1) is 18.4. The quantitative estimate of drug-likeness (QED) is 0.599. The minimum Gasteiger partial charge on any atom is -0.384 e. The summed E-state index contributed by atoms with van der Waals surface area (Å²) in [5.74, 6) is 0.0275. The molecule has 0 saturated carbocycles. The predicted molar refractivity (Wildman–Crippen MR) is 80.2 cm³/mol. The summed E-state index contributed by atoms with van der Waals surface area (Å²) < 4.78 is 5.35. The van der Waals surface area contributed by atoms with Crippen molar-refractivity contribution in [1.29, 1.82) is 0 Å². The van der Waals surface area contributed by atoms with Crippen molar-refractivity contribution in [2.45, 2.75) is 47.5 Å². The lowest BCUT2D eigenvalue weighted by Crippen LogP contribution is -2.39. The van der Waals surface area contributed by atoms with Crippen molar-refractivity contribution >= 4 is 5.91 Å². The Morgan fingerprint density at radius 2 is 1.84 bits per heavy atom. The van der Waals surface area contributed by atoms with Gasteiger partial charge in [0.1, 0.15) is 0 Å². The molecule has 0 bridgehead atoms. The highest BCUT2D eigenvalue weighted by atomic mass is 16.5. The van der Waals surface area contributed by atoms with Crippen LogP contribution in [-0.4, -0.2) is 39.3 Å². The van der Waals surface area contributed by atoms with E-state index >= 15 is 0 Å². The second-order valence-corrected chi connectivity index (χ2v) is 6.60. The van der Waals surface area contributed by atoms with Crippen LogP contribution in [0.5, 0.6) is 0 Å². The van der Waals surface area contributed by atoms with Crippen LogP contribution < -0.4 is 10.6 Å². The summed E-state index contributed by atoms with van der Waals surface area (Å²) >= 11 is 0. The molecule has 1 amide bonds. The molecule has 114 valence electrons. The molecule has 2 N–H and O–H groups in total. The van der Waals surface area contributed by atoms with Gasteiger partial charge in [-0.3, -0.25) is 4.79 Å². The van der Waals surface area contributed by atoms with Crippen molar-refractivity contribution in [3.63, 3.8) is 0 Å². The third-order valence-corrected chi connectivity index (χ3v) is 3.53. The van der Waals surface area contributed by atoms with Crippen LogP contribution in [-0.2, 0) is 9.53 Å². The Morgan fingerprint density at radius 3 is 2.32 bits per heavy atom. The van der Waals surface area contributed by atoms with E-state index in [4.69, 9.17) is 4.74 Å². The molecule has 0 aromatic carbocycles. The van der Waals surface area contributed by atoms with Crippen molar-refractivity contribution in [1.82, 2.24) is 10.6 Å². The number of carbonyl (C=O) groups excluding carboxylic acids is 1. The second kappa shape index (κ2) is 8.54. The van der Waals surface area contributed by atoms with Gasteiger partial charge in [-0.1, -0.05) is 27.7 Å². The summed E-state index contributed by atoms with van der Waals surface area (Å²) in [6, 6.07) is 0. The molecule has 0 fully saturated rings. The van der Waals surface area contributed by atoms with Crippen molar-refractivity contribution < 1.29 is 9.53 Å². The summed E-state index contributed by atoms with van der Waals surface area (Å²) in [5, 5.41) is 6.20. The van der Waals surface area contributed by atoms with E-state index in [1.54, 1.807) is 14.0 Å². The van der Waals surface area contributed by atoms with Gasteiger partial charge in [0, 0.05) is 33.7 Å². The Bertz CT molecular complexity index is 267. The number of nitrogens with one attached hydrogen (secondary N) is 2. The maximum absolute atomic E-state index is 10.7. The minimum atomic E-state index is 0.0275. The molecule has 0 spiro atoms. The summed E-state index contributed by atoms with van der Waals surface area (Å²) in [7, 11) is 1.77. The average molecular weight is 272 g/mol. The van der Waals surface area contributed by atoms with E-state index in [9.17, 15) is 4.79 Å². The lowest BCUT2D eigenvalue weighted by molar-refractivity contribution is -0.118. The zero-order valence-corrected chi connectivity index (χ0v) is 13.6. The summed E-state index contributed by atoms with van der Waals surface area (Å²) in [6.07, 6.45) is 2.24. The Morgan fingerprint density at radius 1 is 1.21 bits per heavy atom. The van der Waals surface area contributed by atoms with Gasteiger partial charge in [0.25, 0.3) is 0 Å². The first-order chi connectivity index (χ1) is 8.74. The van der Waals surface area contributed by atoms with E-state index in [1.807, 2.05) is 0 Å². The largest absolute Gasteiger partial charge is 0.384 e. The molecule has 0 radical (unpaired) electrons. The Hall–Kier alpha value is -0.610. The molecule has 0 aromatic heterocycles. The zero-order chi connectivity index (χ0) is 14.9. The van der Waals surface area contributed by atoms with Crippen LogP contribution in [0.25, 0.3) is 0 Å². The monoisotopic (exact) mass is 272 g/mol. The smallest absolute Gasteiger partial charge is 0.216 e. The maximum Gasteiger partial charge on any atom is 0.216 e. The molecular weight excluding hydrogens is 240 g/mol. The van der Waals surface area contributed by atoms with Crippen LogP contribution in [0.2, 0.25) is 0 Å². The molecule has 0 aromatic rings. The number of methoxy groups -OCH3 is 1. The van der Waals surface area contributed by atoms with Crippen LogP contribution >= 0.6 is 0 Å². The maximum atomic E-state index is 10.7. The summed E-state index contributed by atoms with van der Waals surface area (Å²) in [4.78, 5) is 10.7. The Kier molecular flexibility index (Phi) is 8.26. The Labute approximate surface area is 118 Å². The van der Waals surface area contributed by atoms with Crippen LogP contribution in [0.3, 0.4) is 0 Å². The number of hydrogen-bond acceptors (Lipinski definition) is 3. The highest BCUT2D eigenvalue weighted by Gasteiger charge is 2.30. The molecule has 1 unspecified atom stereocenters. The van der Waals surface area contributed by atoms with Crippen molar-refractivity contribution in [3.05, 3.63) is 0 Å². The van der Waals surface area contributed by atoms with Gasteiger partial charge in [0.2, 0.25) is 5.91 Å². The first-order valence-electron chi connectivity index (χ1n) is 7.19. The number of amides is 1. The van der Waals surface area contributed by atoms with Gasteiger partial charge in [-0.2, -0.15) is 0 Å². The van der Waals surface area contributed by atoms with E-state index in [0.717, 1.165) is 32.5 Å². The van der Waals surface area contributed by atoms with E-state index in [0.29, 0.717) is 6.54 Å². The van der Waals surface area contributed by atoms with Crippen LogP contribution in [0.15, 0.2) is 0 Å². The molecular formula is C15H32N2O2. The van der Waals surface area contributed by atoms with Gasteiger partial charge in [-0.15, -0.1) is 0 Å². The second-order valence-electron chi connectivity index (χ2n) is 6.60. The topological polar surface area (TPSA) is 50.4 Å². The van der Waals surface area contributed by atoms with E-state index < -0.39 is 0 Å². The zero-order valence-electron chi connectivity index (χ0n) is 13.6. The molecule has 0 aliphatic carbocycles. The van der Waals surface area contributed by atoms with Crippen LogP contribution in [0.4, 0.5) is 0 Å². The molecule has 0 saturated heterocycles. The molecule has 1 atom stereocenters. The van der Waals surface area contributed by atoms with Crippen molar-refractivity contribution in [2.24, 2.45) is 10.8 Å². The molecule has 0 rings (SSSR count). The SMILES string of the molecule is CCC(C)(COC)CC(C)(C)CNCCNC(C)=O. The van der Waals surface area contributed by atoms with Gasteiger partial charge in [-0.25, -0.2) is 0 Å². The molecule has 0 heterocycles. The minimum absolute atomic E-state index is 0.0275. The third-order valence-electron chi connectivity index (χ3n) is 3.53. The fraction of sp³-hybridized carbons (Fsp3) is 0.933. The molecule has 19 heavy (non-hydrogen) atoms. The lowest BCUT2D eigenvalue weighted by Gasteiger charge is -2.36. The Balaban J connectivity index is 4.05. The molecule has 0 aliphatic rings. The number of rotatable bonds is 10. The van der Waals surface area contributed by atoms with E-state index in [1.165, 1.54) is 0 Å². The van der Waals surface area contributed by atoms with Gasteiger partial charge in [-0.05, 0) is 23.7 Å². The number of carbonyl (C=O) groups is 1. The van der Waals surface area contributed by atoms with E-state index in [-0.39, 0.29) is 16.7 Å². The number of hydrogen-bond donors (Lipinski definition) is 2. The van der Waals surface area contributed by atoms with Gasteiger partial charge < -0.3 is 15.4 Å².